The summed E-state index contributed by atoms with van der Waals surface area (Å²) in [4.78, 5) is 0. The Morgan fingerprint density at radius 1 is 0.750 bits per heavy atom. The molecule has 2 aromatic rings. The first-order valence-corrected chi connectivity index (χ1v) is 7.82. The molecule has 6 heteroatoms. The van der Waals surface area contributed by atoms with E-state index in [0.717, 1.165) is 22.6 Å². The van der Waals surface area contributed by atoms with Gasteiger partial charge in [0.2, 0.25) is 0 Å². The highest BCUT2D eigenvalue weighted by atomic mass is 35.5. The maximum absolute atomic E-state index is 6.22. The number of nitrogens with one attached hydrogen (secondary N) is 1. The Morgan fingerprint density at radius 3 is 1.83 bits per heavy atom. The van der Waals surface area contributed by atoms with Crippen molar-refractivity contribution in [1.29, 1.82) is 0 Å². The lowest BCUT2D eigenvalue weighted by molar-refractivity contribution is 0.354. The molecular weight excluding hydrogens is 330 g/mol. The average Bonchev–Trinajstić information content (AvgIpc) is 2.60. The van der Waals surface area contributed by atoms with Crippen LogP contribution in [0.5, 0.6) is 23.0 Å². The van der Waals surface area contributed by atoms with Crippen molar-refractivity contribution < 1.29 is 18.9 Å². The summed E-state index contributed by atoms with van der Waals surface area (Å²) in [7, 11) is 6.43. The van der Waals surface area contributed by atoms with Crippen molar-refractivity contribution in [1.82, 2.24) is 5.32 Å². The summed E-state index contributed by atoms with van der Waals surface area (Å²) in [6.45, 7) is 1.30. The highest BCUT2D eigenvalue weighted by Gasteiger charge is 2.10. The van der Waals surface area contributed by atoms with E-state index in [2.05, 4.69) is 5.32 Å². The van der Waals surface area contributed by atoms with Gasteiger partial charge in [0.1, 0.15) is 11.5 Å². The van der Waals surface area contributed by atoms with Crippen molar-refractivity contribution in [2.45, 2.75) is 13.1 Å². The molecule has 0 unspecified atom stereocenters. The van der Waals surface area contributed by atoms with Crippen LogP contribution in [0.2, 0.25) is 5.02 Å². The molecule has 130 valence electrons. The molecule has 0 bridgehead atoms. The quantitative estimate of drug-likeness (QED) is 0.786. The second-order valence-electron chi connectivity index (χ2n) is 5.14. The second kappa shape index (κ2) is 8.66. The summed E-state index contributed by atoms with van der Waals surface area (Å²) in [5, 5.41) is 3.90. The number of benzene rings is 2. The van der Waals surface area contributed by atoms with Crippen molar-refractivity contribution in [2.75, 3.05) is 28.4 Å². The van der Waals surface area contributed by atoms with E-state index in [0.29, 0.717) is 29.6 Å². The molecule has 0 aliphatic heterocycles. The van der Waals surface area contributed by atoms with Crippen LogP contribution < -0.4 is 24.3 Å². The van der Waals surface area contributed by atoms with Gasteiger partial charge in [-0.25, -0.2) is 0 Å². The minimum atomic E-state index is 0.525. The van der Waals surface area contributed by atoms with Gasteiger partial charge in [0.25, 0.3) is 0 Å². The van der Waals surface area contributed by atoms with Crippen LogP contribution in [0.3, 0.4) is 0 Å². The van der Waals surface area contributed by atoms with Gasteiger partial charge in [-0.3, -0.25) is 0 Å². The Labute approximate surface area is 147 Å². The number of halogens is 1. The van der Waals surface area contributed by atoms with Crippen LogP contribution in [-0.4, -0.2) is 28.4 Å². The summed E-state index contributed by atoms with van der Waals surface area (Å²) >= 11 is 6.22. The molecule has 1 N–H and O–H groups in total. The lowest BCUT2D eigenvalue weighted by Gasteiger charge is -2.13. The standard InChI is InChI=1S/C18H22ClNO4/c1-21-14-5-12(6-15(9-14)22-2)10-20-11-13-7-16(19)18(24-4)17(8-13)23-3/h5-9,20H,10-11H2,1-4H3. The van der Waals surface area contributed by atoms with Crippen LogP contribution in [0.15, 0.2) is 30.3 Å². The van der Waals surface area contributed by atoms with E-state index >= 15 is 0 Å². The fourth-order valence-electron chi connectivity index (χ4n) is 2.39. The van der Waals surface area contributed by atoms with Crippen LogP contribution in [0, 0.1) is 0 Å². The molecule has 0 saturated heterocycles. The molecule has 0 saturated carbocycles. The predicted octanol–water partition coefficient (Wildman–Crippen LogP) is 3.66. The van der Waals surface area contributed by atoms with Crippen LogP contribution in [0.25, 0.3) is 0 Å². The number of hydrogen-bond acceptors (Lipinski definition) is 5. The highest BCUT2D eigenvalue weighted by molar-refractivity contribution is 6.32. The minimum absolute atomic E-state index is 0.525. The monoisotopic (exact) mass is 351 g/mol. The first kappa shape index (κ1) is 18.2. The van der Waals surface area contributed by atoms with Gasteiger partial charge in [0.15, 0.2) is 11.5 Å². The van der Waals surface area contributed by atoms with E-state index < -0.39 is 0 Å². The van der Waals surface area contributed by atoms with Crippen molar-refractivity contribution in [3.8, 4) is 23.0 Å². The van der Waals surface area contributed by atoms with E-state index in [1.807, 2.05) is 30.3 Å². The Morgan fingerprint density at radius 2 is 1.33 bits per heavy atom. The molecule has 0 aliphatic carbocycles. The summed E-state index contributed by atoms with van der Waals surface area (Å²) in [5.41, 5.74) is 2.07. The smallest absolute Gasteiger partial charge is 0.179 e. The molecule has 0 aliphatic rings. The van der Waals surface area contributed by atoms with E-state index in [4.69, 9.17) is 30.5 Å². The molecule has 0 spiro atoms. The number of hydrogen-bond donors (Lipinski definition) is 1. The third-order valence-electron chi connectivity index (χ3n) is 3.56. The van der Waals surface area contributed by atoms with Crippen molar-refractivity contribution in [3.05, 3.63) is 46.5 Å². The topological polar surface area (TPSA) is 49.0 Å². The lowest BCUT2D eigenvalue weighted by Crippen LogP contribution is -2.13. The number of ether oxygens (including phenoxy) is 4. The Balaban J connectivity index is 2.05. The summed E-state index contributed by atoms with van der Waals surface area (Å²) in [6.07, 6.45) is 0. The van der Waals surface area contributed by atoms with Crippen LogP contribution in [0.1, 0.15) is 11.1 Å². The fraction of sp³-hybridized carbons (Fsp3) is 0.333. The Hall–Kier alpha value is -2.11. The third kappa shape index (κ3) is 4.46. The van der Waals surface area contributed by atoms with E-state index in [-0.39, 0.29) is 0 Å². The normalized spacial score (nSPS) is 10.4. The zero-order chi connectivity index (χ0) is 17.5. The fourth-order valence-corrected chi connectivity index (χ4v) is 2.70. The van der Waals surface area contributed by atoms with Gasteiger partial charge < -0.3 is 24.3 Å². The second-order valence-corrected chi connectivity index (χ2v) is 5.54. The lowest BCUT2D eigenvalue weighted by atomic mass is 10.1. The van der Waals surface area contributed by atoms with Gasteiger partial charge >= 0.3 is 0 Å². The average molecular weight is 352 g/mol. The molecule has 2 aromatic carbocycles. The van der Waals surface area contributed by atoms with E-state index in [1.165, 1.54) is 0 Å². The zero-order valence-corrected chi connectivity index (χ0v) is 15.1. The molecule has 0 aromatic heterocycles. The first-order chi connectivity index (χ1) is 11.6. The molecule has 24 heavy (non-hydrogen) atoms. The van der Waals surface area contributed by atoms with Gasteiger partial charge in [-0.1, -0.05) is 11.6 Å². The van der Waals surface area contributed by atoms with Crippen LogP contribution in [0.4, 0.5) is 0 Å². The van der Waals surface area contributed by atoms with E-state index in [9.17, 15) is 0 Å². The van der Waals surface area contributed by atoms with Gasteiger partial charge in [0, 0.05) is 19.2 Å². The minimum Gasteiger partial charge on any atom is -0.497 e. The van der Waals surface area contributed by atoms with Crippen molar-refractivity contribution >= 4 is 11.6 Å². The summed E-state index contributed by atoms with van der Waals surface area (Å²) in [6, 6.07) is 9.55. The third-order valence-corrected chi connectivity index (χ3v) is 3.84. The molecule has 0 amide bonds. The zero-order valence-electron chi connectivity index (χ0n) is 14.3. The van der Waals surface area contributed by atoms with Gasteiger partial charge in [-0.05, 0) is 35.4 Å². The molecule has 0 atom stereocenters. The largest absolute Gasteiger partial charge is 0.497 e. The maximum Gasteiger partial charge on any atom is 0.179 e. The SMILES string of the molecule is COc1cc(CNCc2cc(Cl)c(OC)c(OC)c2)cc(OC)c1. The Bertz CT molecular complexity index is 669. The van der Waals surface area contributed by atoms with Crippen LogP contribution in [-0.2, 0) is 13.1 Å². The van der Waals surface area contributed by atoms with Crippen LogP contribution >= 0.6 is 11.6 Å². The number of methoxy groups -OCH3 is 4. The van der Waals surface area contributed by atoms with Gasteiger partial charge in [-0.2, -0.15) is 0 Å². The van der Waals surface area contributed by atoms with Gasteiger partial charge in [0.05, 0.1) is 33.5 Å². The van der Waals surface area contributed by atoms with Gasteiger partial charge in [-0.15, -0.1) is 0 Å². The van der Waals surface area contributed by atoms with E-state index in [1.54, 1.807) is 28.4 Å². The molecular formula is C18H22ClNO4. The summed E-state index contributed by atoms with van der Waals surface area (Å²) < 4.78 is 21.1. The van der Waals surface area contributed by atoms with Crippen molar-refractivity contribution in [3.63, 3.8) is 0 Å². The predicted molar refractivity (Wildman–Crippen MR) is 94.6 cm³/mol. The van der Waals surface area contributed by atoms with Crippen molar-refractivity contribution in [2.24, 2.45) is 0 Å². The maximum atomic E-state index is 6.22. The molecule has 0 radical (unpaired) electrons. The molecule has 2 rings (SSSR count). The molecule has 5 nitrogen and oxygen atoms in total. The first-order valence-electron chi connectivity index (χ1n) is 7.44. The summed E-state index contributed by atoms with van der Waals surface area (Å²) in [5.74, 6) is 2.69. The highest BCUT2D eigenvalue weighted by Crippen LogP contribution is 2.36. The molecule has 0 fully saturated rings. The molecule has 0 heterocycles. The number of rotatable bonds is 8. The Kier molecular flexibility index (Phi) is 6.58.